The van der Waals surface area contributed by atoms with Gasteiger partial charge in [-0.25, -0.2) is 4.98 Å². The van der Waals surface area contributed by atoms with Crippen LogP contribution in [0.25, 0.3) is 10.2 Å². The monoisotopic (exact) mass is 304 g/mol. The molecule has 1 fully saturated rings. The summed E-state index contributed by atoms with van der Waals surface area (Å²) >= 11 is 1.43. The molecule has 2 heterocycles. The third kappa shape index (κ3) is 2.45. The molecule has 110 valence electrons. The lowest BCUT2D eigenvalue weighted by molar-refractivity contribution is -0.105. The Hall–Kier alpha value is -1.44. The van der Waals surface area contributed by atoms with Crippen LogP contribution in [-0.4, -0.2) is 29.7 Å². The van der Waals surface area contributed by atoms with Crippen LogP contribution in [0.4, 0.5) is 5.13 Å². The lowest BCUT2D eigenvalue weighted by Crippen LogP contribution is -2.41. The highest BCUT2D eigenvalue weighted by atomic mass is 32.1. The smallest absolute Gasteiger partial charge is 0.399 e. The largest absolute Gasteiger partial charge is 0.494 e. The van der Waals surface area contributed by atoms with E-state index in [0.717, 1.165) is 15.7 Å². The molecule has 0 aliphatic carbocycles. The first-order valence-corrected chi connectivity index (χ1v) is 7.60. The summed E-state index contributed by atoms with van der Waals surface area (Å²) in [5.41, 5.74) is 1.10. The highest BCUT2D eigenvalue weighted by molar-refractivity contribution is 7.22. The van der Waals surface area contributed by atoms with Gasteiger partial charge in [0.2, 0.25) is 6.41 Å². The Balaban J connectivity index is 1.93. The molecule has 0 spiro atoms. The molecule has 0 unspecified atom stereocenters. The minimum atomic E-state index is -0.385. The molecule has 1 saturated heterocycles. The summed E-state index contributed by atoms with van der Waals surface area (Å²) in [5, 5.41) is 3.17. The van der Waals surface area contributed by atoms with Gasteiger partial charge in [0, 0.05) is 0 Å². The maximum absolute atomic E-state index is 10.5. The number of fused-ring (bicyclic) bond motifs is 1. The van der Waals surface area contributed by atoms with Crippen LogP contribution in [0.15, 0.2) is 18.2 Å². The number of hydrogen-bond donors (Lipinski definition) is 1. The Morgan fingerprint density at radius 1 is 1.24 bits per heavy atom. The van der Waals surface area contributed by atoms with Crippen LogP contribution in [0.1, 0.15) is 27.7 Å². The molecular weight excluding hydrogens is 287 g/mol. The van der Waals surface area contributed by atoms with Crippen LogP contribution < -0.4 is 10.8 Å². The van der Waals surface area contributed by atoms with Crippen molar-refractivity contribution in [3.05, 3.63) is 18.2 Å². The average Bonchev–Trinajstić information content (AvgIpc) is 2.87. The fraction of sp³-hybridized carbons (Fsp3) is 0.429. The predicted octanol–water partition coefficient (Wildman–Crippen LogP) is 2.16. The fourth-order valence-corrected chi connectivity index (χ4v) is 3.05. The first-order chi connectivity index (χ1) is 9.82. The van der Waals surface area contributed by atoms with Gasteiger partial charge >= 0.3 is 7.12 Å². The number of nitrogens with zero attached hydrogens (tertiary/aromatic N) is 1. The Bertz CT molecular complexity index is 683. The predicted molar refractivity (Wildman–Crippen MR) is 85.0 cm³/mol. The average molecular weight is 304 g/mol. The molecule has 0 bridgehead atoms. The number of amides is 1. The zero-order valence-corrected chi connectivity index (χ0v) is 13.3. The zero-order chi connectivity index (χ0) is 15.3. The van der Waals surface area contributed by atoms with Crippen molar-refractivity contribution in [1.29, 1.82) is 0 Å². The lowest BCUT2D eigenvalue weighted by atomic mass is 9.79. The van der Waals surface area contributed by atoms with Crippen molar-refractivity contribution >= 4 is 45.7 Å². The third-order valence-electron chi connectivity index (χ3n) is 4.12. The van der Waals surface area contributed by atoms with Crippen molar-refractivity contribution in [2.45, 2.75) is 38.9 Å². The van der Waals surface area contributed by atoms with Gasteiger partial charge < -0.3 is 14.6 Å². The molecule has 21 heavy (non-hydrogen) atoms. The standard InChI is InChI=1S/C14H17BN2O3S/c1-13(2)14(3,4)20-15(19-13)9-5-6-10-11(7-9)21-12(17-10)16-8-18/h5-8H,1-4H3,(H,16,17,18). The van der Waals surface area contributed by atoms with Gasteiger partial charge in [-0.3, -0.25) is 4.79 Å². The van der Waals surface area contributed by atoms with E-state index in [1.165, 1.54) is 11.3 Å². The summed E-state index contributed by atoms with van der Waals surface area (Å²) in [6.07, 6.45) is 0.632. The topological polar surface area (TPSA) is 60.5 Å². The SMILES string of the molecule is CC1(C)OB(c2ccc3nc(NC=O)sc3c2)OC1(C)C. The second kappa shape index (κ2) is 4.79. The number of nitrogens with one attached hydrogen (secondary N) is 1. The third-order valence-corrected chi connectivity index (χ3v) is 5.07. The quantitative estimate of drug-likeness (QED) is 0.697. The molecule has 2 aromatic rings. The Kier molecular flexibility index (Phi) is 3.31. The molecule has 1 aromatic heterocycles. The van der Waals surface area contributed by atoms with E-state index in [1.54, 1.807) is 0 Å². The molecule has 1 amide bonds. The highest BCUT2D eigenvalue weighted by Gasteiger charge is 2.51. The van der Waals surface area contributed by atoms with Gasteiger partial charge in [0.25, 0.3) is 0 Å². The van der Waals surface area contributed by atoms with Crippen LogP contribution in [0.3, 0.4) is 0 Å². The van der Waals surface area contributed by atoms with Crippen LogP contribution in [0, 0.1) is 0 Å². The van der Waals surface area contributed by atoms with Crippen LogP contribution in [0.2, 0.25) is 0 Å². The maximum atomic E-state index is 10.5. The molecule has 0 saturated carbocycles. The van der Waals surface area contributed by atoms with E-state index in [0.29, 0.717) is 11.5 Å². The van der Waals surface area contributed by atoms with E-state index < -0.39 is 0 Å². The summed E-state index contributed by atoms with van der Waals surface area (Å²) in [6, 6.07) is 5.88. The Morgan fingerprint density at radius 3 is 2.52 bits per heavy atom. The van der Waals surface area contributed by atoms with Crippen LogP contribution in [-0.2, 0) is 14.1 Å². The summed E-state index contributed by atoms with van der Waals surface area (Å²) in [7, 11) is -0.385. The molecule has 1 aromatic carbocycles. The number of anilines is 1. The second-order valence-electron chi connectivity index (χ2n) is 6.10. The van der Waals surface area contributed by atoms with Gasteiger partial charge in [-0.1, -0.05) is 17.4 Å². The first-order valence-electron chi connectivity index (χ1n) is 6.79. The first kappa shape index (κ1) is 14.5. The summed E-state index contributed by atoms with van der Waals surface area (Å²) in [4.78, 5) is 14.8. The fourth-order valence-electron chi connectivity index (χ4n) is 2.18. The van der Waals surface area contributed by atoms with Crippen molar-refractivity contribution in [2.75, 3.05) is 5.32 Å². The number of hydrogen-bond acceptors (Lipinski definition) is 5. The van der Waals surface area contributed by atoms with E-state index in [2.05, 4.69) is 10.3 Å². The van der Waals surface area contributed by atoms with Gasteiger partial charge in [-0.05, 0) is 45.3 Å². The normalized spacial score (nSPS) is 19.9. The molecule has 7 heteroatoms. The molecule has 1 aliphatic rings. The summed E-state index contributed by atoms with van der Waals surface area (Å²) in [5.74, 6) is 0. The molecule has 1 aliphatic heterocycles. The van der Waals surface area contributed by atoms with E-state index in [4.69, 9.17) is 9.31 Å². The van der Waals surface area contributed by atoms with Crippen LogP contribution in [0.5, 0.6) is 0 Å². The highest BCUT2D eigenvalue weighted by Crippen LogP contribution is 2.36. The van der Waals surface area contributed by atoms with E-state index >= 15 is 0 Å². The molecule has 1 N–H and O–H groups in total. The number of carbonyl (C=O) groups excluding carboxylic acids is 1. The van der Waals surface area contributed by atoms with Gasteiger partial charge in [0.05, 0.1) is 21.4 Å². The van der Waals surface area contributed by atoms with Gasteiger partial charge in [-0.15, -0.1) is 0 Å². The Labute approximate surface area is 127 Å². The second-order valence-corrected chi connectivity index (χ2v) is 7.13. The number of carbonyl (C=O) groups is 1. The number of benzene rings is 1. The molecule has 0 atom stereocenters. The number of aromatic nitrogens is 1. The molecule has 0 radical (unpaired) electrons. The summed E-state index contributed by atoms with van der Waals surface area (Å²) < 4.78 is 13.1. The van der Waals surface area contributed by atoms with Crippen molar-refractivity contribution < 1.29 is 14.1 Å². The van der Waals surface area contributed by atoms with Crippen molar-refractivity contribution in [2.24, 2.45) is 0 Å². The molecular formula is C14H17BN2O3S. The van der Waals surface area contributed by atoms with Gasteiger partial charge in [-0.2, -0.15) is 0 Å². The Morgan fingerprint density at radius 2 is 1.90 bits per heavy atom. The van der Waals surface area contributed by atoms with Crippen molar-refractivity contribution in [3.63, 3.8) is 0 Å². The molecule has 5 nitrogen and oxygen atoms in total. The lowest BCUT2D eigenvalue weighted by Gasteiger charge is -2.32. The van der Waals surface area contributed by atoms with E-state index in [-0.39, 0.29) is 18.3 Å². The minimum Gasteiger partial charge on any atom is -0.399 e. The van der Waals surface area contributed by atoms with Crippen molar-refractivity contribution in [3.8, 4) is 0 Å². The molecule has 3 rings (SSSR count). The summed E-state index contributed by atoms with van der Waals surface area (Å²) in [6.45, 7) is 8.13. The van der Waals surface area contributed by atoms with Crippen LogP contribution >= 0.6 is 11.3 Å². The minimum absolute atomic E-state index is 0.357. The van der Waals surface area contributed by atoms with E-state index in [1.807, 2.05) is 45.9 Å². The van der Waals surface area contributed by atoms with Crippen molar-refractivity contribution in [1.82, 2.24) is 4.98 Å². The van der Waals surface area contributed by atoms with Gasteiger partial charge in [0.15, 0.2) is 5.13 Å². The maximum Gasteiger partial charge on any atom is 0.494 e. The zero-order valence-electron chi connectivity index (χ0n) is 12.5. The van der Waals surface area contributed by atoms with E-state index in [9.17, 15) is 4.79 Å². The number of thiazole rings is 1. The number of rotatable bonds is 3. The van der Waals surface area contributed by atoms with Gasteiger partial charge in [0.1, 0.15) is 0 Å².